The normalized spacial score (nSPS) is 25.5. The first-order valence-corrected chi connectivity index (χ1v) is 7.62. The minimum atomic E-state index is -0.641. The van der Waals surface area contributed by atoms with Crippen molar-refractivity contribution in [3.63, 3.8) is 0 Å². The Hall–Kier alpha value is -1.49. The third-order valence-electron chi connectivity index (χ3n) is 4.54. The second kappa shape index (κ2) is 6.10. The fourth-order valence-electron chi connectivity index (χ4n) is 3.49. The quantitative estimate of drug-likeness (QED) is 0.927. The highest BCUT2D eigenvalue weighted by Gasteiger charge is 2.35. The summed E-state index contributed by atoms with van der Waals surface area (Å²) in [7, 11) is 0. The molecule has 2 saturated heterocycles. The summed E-state index contributed by atoms with van der Waals surface area (Å²) in [6.45, 7) is 1.75. The second-order valence-electron chi connectivity index (χ2n) is 5.91. The number of amides is 1. The summed E-state index contributed by atoms with van der Waals surface area (Å²) >= 11 is 0. The predicted octanol–water partition coefficient (Wildman–Crippen LogP) is 2.25. The lowest BCUT2D eigenvalue weighted by molar-refractivity contribution is -0.131. The summed E-state index contributed by atoms with van der Waals surface area (Å²) in [6.07, 6.45) is 4.26. The molecule has 2 aliphatic rings. The zero-order valence-corrected chi connectivity index (χ0v) is 11.9. The van der Waals surface area contributed by atoms with Crippen LogP contribution >= 0.6 is 0 Å². The molecular formula is C16H20F2N2O. The van der Waals surface area contributed by atoms with Crippen LogP contribution in [0.4, 0.5) is 8.78 Å². The van der Waals surface area contributed by atoms with Gasteiger partial charge < -0.3 is 10.2 Å². The van der Waals surface area contributed by atoms with Crippen molar-refractivity contribution in [3.8, 4) is 0 Å². The molecule has 1 aromatic rings. The summed E-state index contributed by atoms with van der Waals surface area (Å²) in [6, 6.07) is 3.99. The van der Waals surface area contributed by atoms with E-state index in [0.29, 0.717) is 6.04 Å². The molecule has 0 aromatic heterocycles. The molecule has 2 unspecified atom stereocenters. The van der Waals surface area contributed by atoms with Crippen molar-refractivity contribution in [2.75, 3.05) is 13.1 Å². The Bertz CT molecular complexity index is 529. The molecule has 2 fully saturated rings. The van der Waals surface area contributed by atoms with E-state index in [1.807, 2.05) is 4.90 Å². The monoisotopic (exact) mass is 294 g/mol. The number of nitrogens with zero attached hydrogens (tertiary/aromatic N) is 1. The van der Waals surface area contributed by atoms with Gasteiger partial charge in [-0.1, -0.05) is 6.07 Å². The summed E-state index contributed by atoms with van der Waals surface area (Å²) in [4.78, 5) is 14.3. The van der Waals surface area contributed by atoms with Crippen LogP contribution in [0.3, 0.4) is 0 Å². The van der Waals surface area contributed by atoms with E-state index in [0.717, 1.165) is 44.8 Å². The fourth-order valence-corrected chi connectivity index (χ4v) is 3.49. The number of hydrogen-bond donors (Lipinski definition) is 1. The molecule has 2 heterocycles. The van der Waals surface area contributed by atoms with Crippen molar-refractivity contribution < 1.29 is 13.6 Å². The van der Waals surface area contributed by atoms with E-state index >= 15 is 0 Å². The van der Waals surface area contributed by atoms with E-state index in [-0.39, 0.29) is 23.9 Å². The number of likely N-dealkylation sites (tertiary alicyclic amines) is 1. The van der Waals surface area contributed by atoms with Gasteiger partial charge in [-0.25, -0.2) is 8.78 Å². The van der Waals surface area contributed by atoms with Crippen molar-refractivity contribution >= 4 is 5.91 Å². The maximum absolute atomic E-state index is 13.7. The lowest BCUT2D eigenvalue weighted by Crippen LogP contribution is -2.47. The lowest BCUT2D eigenvalue weighted by Gasteiger charge is -2.29. The van der Waals surface area contributed by atoms with Crippen molar-refractivity contribution in [2.24, 2.45) is 0 Å². The first kappa shape index (κ1) is 14.4. The SMILES string of the molecule is O=C(Cc1ccc(F)cc1F)N1CCCC1C1CCCN1. The molecular weight excluding hydrogens is 274 g/mol. The molecule has 0 saturated carbocycles. The van der Waals surface area contributed by atoms with Crippen LogP contribution in [0, 0.1) is 11.6 Å². The molecule has 1 amide bonds. The Balaban J connectivity index is 1.69. The fraction of sp³-hybridized carbons (Fsp3) is 0.562. The van der Waals surface area contributed by atoms with Gasteiger partial charge >= 0.3 is 0 Å². The number of nitrogens with one attached hydrogen (secondary N) is 1. The number of rotatable bonds is 3. The first-order chi connectivity index (χ1) is 10.1. The van der Waals surface area contributed by atoms with Gasteiger partial charge in [-0.15, -0.1) is 0 Å². The van der Waals surface area contributed by atoms with Gasteiger partial charge in [0.25, 0.3) is 0 Å². The zero-order chi connectivity index (χ0) is 14.8. The Morgan fingerprint density at radius 3 is 2.86 bits per heavy atom. The highest BCUT2D eigenvalue weighted by atomic mass is 19.1. The predicted molar refractivity (Wildman–Crippen MR) is 75.8 cm³/mol. The van der Waals surface area contributed by atoms with Crippen LogP contribution < -0.4 is 5.32 Å². The molecule has 2 atom stereocenters. The topological polar surface area (TPSA) is 32.3 Å². The molecule has 1 aromatic carbocycles. The summed E-state index contributed by atoms with van der Waals surface area (Å²) < 4.78 is 26.6. The van der Waals surface area contributed by atoms with Gasteiger partial charge in [0.2, 0.25) is 5.91 Å². The molecule has 0 radical (unpaired) electrons. The van der Waals surface area contributed by atoms with Crippen LogP contribution in [0.25, 0.3) is 0 Å². The summed E-state index contributed by atoms with van der Waals surface area (Å²) in [5, 5.41) is 3.45. The van der Waals surface area contributed by atoms with E-state index < -0.39 is 11.6 Å². The van der Waals surface area contributed by atoms with Gasteiger partial charge in [-0.05, 0) is 43.9 Å². The van der Waals surface area contributed by atoms with Gasteiger partial charge in [-0.2, -0.15) is 0 Å². The van der Waals surface area contributed by atoms with Gasteiger partial charge in [-0.3, -0.25) is 4.79 Å². The molecule has 3 rings (SSSR count). The number of carbonyl (C=O) groups is 1. The highest BCUT2D eigenvalue weighted by molar-refractivity contribution is 5.79. The lowest BCUT2D eigenvalue weighted by atomic mass is 10.0. The second-order valence-corrected chi connectivity index (χ2v) is 5.91. The van der Waals surface area contributed by atoms with Gasteiger partial charge in [0.05, 0.1) is 6.42 Å². The molecule has 21 heavy (non-hydrogen) atoms. The van der Waals surface area contributed by atoms with Crippen molar-refractivity contribution in [1.29, 1.82) is 0 Å². The molecule has 1 N–H and O–H groups in total. The molecule has 3 nitrogen and oxygen atoms in total. The number of carbonyl (C=O) groups excluding carboxylic acids is 1. The van der Waals surface area contributed by atoms with E-state index in [1.165, 1.54) is 12.1 Å². The van der Waals surface area contributed by atoms with Crippen molar-refractivity contribution in [2.45, 2.75) is 44.2 Å². The molecule has 5 heteroatoms. The maximum atomic E-state index is 13.7. The zero-order valence-electron chi connectivity index (χ0n) is 11.9. The highest BCUT2D eigenvalue weighted by Crippen LogP contribution is 2.25. The third-order valence-corrected chi connectivity index (χ3v) is 4.54. The maximum Gasteiger partial charge on any atom is 0.227 e. The Labute approximate surface area is 123 Å². The number of benzene rings is 1. The van der Waals surface area contributed by atoms with Gasteiger partial charge in [0.15, 0.2) is 0 Å². The largest absolute Gasteiger partial charge is 0.338 e. The van der Waals surface area contributed by atoms with E-state index in [4.69, 9.17) is 0 Å². The first-order valence-electron chi connectivity index (χ1n) is 7.62. The van der Waals surface area contributed by atoms with Gasteiger partial charge in [0.1, 0.15) is 11.6 Å². The van der Waals surface area contributed by atoms with Crippen LogP contribution in [-0.4, -0.2) is 36.0 Å². The van der Waals surface area contributed by atoms with Crippen molar-refractivity contribution in [1.82, 2.24) is 10.2 Å². The minimum absolute atomic E-state index is 0.00926. The Morgan fingerprint density at radius 1 is 1.29 bits per heavy atom. The summed E-state index contributed by atoms with van der Waals surface area (Å²) in [5.41, 5.74) is 0.270. The molecule has 114 valence electrons. The standard InChI is InChI=1S/C16H20F2N2O/c17-12-6-5-11(13(18)10-12)9-16(21)20-8-2-4-15(20)14-3-1-7-19-14/h5-6,10,14-15,19H,1-4,7-9H2. The van der Waals surface area contributed by atoms with Crippen LogP contribution in [0.1, 0.15) is 31.2 Å². The summed E-state index contributed by atoms with van der Waals surface area (Å²) in [5.74, 6) is -1.31. The van der Waals surface area contributed by atoms with E-state index in [2.05, 4.69) is 5.32 Å². The molecule has 0 aliphatic carbocycles. The smallest absolute Gasteiger partial charge is 0.227 e. The third kappa shape index (κ3) is 3.07. The average Bonchev–Trinajstić information content (AvgIpc) is 3.10. The number of halogens is 2. The van der Waals surface area contributed by atoms with Crippen LogP contribution in [-0.2, 0) is 11.2 Å². The van der Waals surface area contributed by atoms with Crippen LogP contribution in [0.2, 0.25) is 0 Å². The Kier molecular flexibility index (Phi) is 4.19. The molecule has 0 spiro atoms. The average molecular weight is 294 g/mol. The van der Waals surface area contributed by atoms with Gasteiger partial charge in [0, 0.05) is 24.7 Å². The van der Waals surface area contributed by atoms with E-state index in [1.54, 1.807) is 0 Å². The number of hydrogen-bond acceptors (Lipinski definition) is 2. The minimum Gasteiger partial charge on any atom is -0.338 e. The molecule has 2 aliphatic heterocycles. The van der Waals surface area contributed by atoms with Crippen LogP contribution in [0.15, 0.2) is 18.2 Å². The van der Waals surface area contributed by atoms with E-state index in [9.17, 15) is 13.6 Å². The van der Waals surface area contributed by atoms with Crippen LogP contribution in [0.5, 0.6) is 0 Å². The molecule has 0 bridgehead atoms. The Morgan fingerprint density at radius 2 is 2.14 bits per heavy atom. The van der Waals surface area contributed by atoms with Crippen molar-refractivity contribution in [3.05, 3.63) is 35.4 Å².